The number of rotatable bonds is 5. The van der Waals surface area contributed by atoms with E-state index in [-0.39, 0.29) is 5.91 Å². The van der Waals surface area contributed by atoms with Gasteiger partial charge in [0, 0.05) is 19.0 Å². The van der Waals surface area contributed by atoms with E-state index in [2.05, 4.69) is 24.5 Å². The fraction of sp³-hybridized carbons (Fsp3) is 0.917. The second-order valence-corrected chi connectivity index (χ2v) is 4.98. The predicted octanol–water partition coefficient (Wildman–Crippen LogP) is 1.54. The molecule has 1 saturated carbocycles. The molecule has 3 atom stereocenters. The average Bonchev–Trinajstić information content (AvgIpc) is 2.60. The first kappa shape index (κ1) is 12.5. The van der Waals surface area contributed by atoms with Crippen molar-refractivity contribution in [3.05, 3.63) is 0 Å². The molecule has 0 aromatic heterocycles. The lowest BCUT2D eigenvalue weighted by atomic mass is 10.0. The van der Waals surface area contributed by atoms with E-state index in [4.69, 9.17) is 0 Å². The molecule has 0 spiro atoms. The van der Waals surface area contributed by atoms with Crippen LogP contribution in [0.4, 0.5) is 0 Å². The smallest absolute Gasteiger partial charge is 0.220 e. The molecule has 0 bridgehead atoms. The third kappa shape index (κ3) is 4.65. The summed E-state index contributed by atoms with van der Waals surface area (Å²) in [6.45, 7) is 5.08. The van der Waals surface area contributed by atoms with Gasteiger partial charge in [0.1, 0.15) is 0 Å². The van der Waals surface area contributed by atoms with E-state index in [9.17, 15) is 4.79 Å². The van der Waals surface area contributed by atoms with Crippen molar-refractivity contribution in [3.8, 4) is 0 Å². The van der Waals surface area contributed by atoms with E-state index in [1.165, 1.54) is 19.3 Å². The summed E-state index contributed by atoms with van der Waals surface area (Å²) >= 11 is 0. The molecule has 1 fully saturated rings. The Morgan fingerprint density at radius 3 is 2.73 bits per heavy atom. The Balaban J connectivity index is 2.13. The lowest BCUT2D eigenvalue weighted by molar-refractivity contribution is -0.122. The van der Waals surface area contributed by atoms with Crippen LogP contribution in [0.25, 0.3) is 0 Å². The van der Waals surface area contributed by atoms with Gasteiger partial charge >= 0.3 is 0 Å². The van der Waals surface area contributed by atoms with Crippen molar-refractivity contribution in [2.45, 2.75) is 45.6 Å². The van der Waals surface area contributed by atoms with Crippen molar-refractivity contribution in [2.24, 2.45) is 11.8 Å². The highest BCUT2D eigenvalue weighted by atomic mass is 16.1. The van der Waals surface area contributed by atoms with E-state index in [0.717, 1.165) is 18.9 Å². The molecule has 1 aliphatic rings. The maximum atomic E-state index is 11.6. The molecule has 3 nitrogen and oxygen atoms in total. The maximum Gasteiger partial charge on any atom is 0.220 e. The first-order chi connectivity index (χ1) is 7.11. The van der Waals surface area contributed by atoms with Crippen molar-refractivity contribution in [3.63, 3.8) is 0 Å². The topological polar surface area (TPSA) is 41.1 Å². The maximum absolute atomic E-state index is 11.6. The molecule has 0 aromatic carbocycles. The summed E-state index contributed by atoms with van der Waals surface area (Å²) in [5.41, 5.74) is 0. The van der Waals surface area contributed by atoms with Crippen LogP contribution in [0.2, 0.25) is 0 Å². The van der Waals surface area contributed by atoms with Gasteiger partial charge in [0.25, 0.3) is 0 Å². The number of nitrogens with one attached hydrogen (secondary N) is 2. The molecule has 3 heteroatoms. The number of likely N-dealkylation sites (N-methyl/N-ethyl adjacent to an activating group) is 1. The third-order valence-electron chi connectivity index (χ3n) is 3.38. The highest BCUT2D eigenvalue weighted by Gasteiger charge is 2.23. The fourth-order valence-corrected chi connectivity index (χ4v) is 2.21. The van der Waals surface area contributed by atoms with Crippen molar-refractivity contribution >= 4 is 5.91 Å². The van der Waals surface area contributed by atoms with Gasteiger partial charge in [0.2, 0.25) is 5.91 Å². The lowest BCUT2D eigenvalue weighted by Gasteiger charge is -2.13. The van der Waals surface area contributed by atoms with Gasteiger partial charge in [0.05, 0.1) is 0 Å². The van der Waals surface area contributed by atoms with E-state index < -0.39 is 0 Å². The Labute approximate surface area is 93.0 Å². The van der Waals surface area contributed by atoms with Crippen LogP contribution in [0, 0.1) is 11.8 Å². The molecule has 0 aromatic rings. The van der Waals surface area contributed by atoms with Crippen molar-refractivity contribution in [1.82, 2.24) is 10.6 Å². The van der Waals surface area contributed by atoms with Crippen LogP contribution >= 0.6 is 0 Å². The second-order valence-electron chi connectivity index (χ2n) is 4.98. The van der Waals surface area contributed by atoms with E-state index >= 15 is 0 Å². The van der Waals surface area contributed by atoms with Crippen LogP contribution in [-0.2, 0) is 4.79 Å². The molecule has 0 saturated heterocycles. The molecule has 88 valence electrons. The summed E-state index contributed by atoms with van der Waals surface area (Å²) in [5.74, 6) is 1.67. The second kappa shape index (κ2) is 6.11. The van der Waals surface area contributed by atoms with Crippen LogP contribution in [0.5, 0.6) is 0 Å². The van der Waals surface area contributed by atoms with Crippen molar-refractivity contribution in [2.75, 3.05) is 13.6 Å². The molecular weight excluding hydrogens is 188 g/mol. The minimum atomic E-state index is 0.219. The molecule has 1 amide bonds. The minimum Gasteiger partial charge on any atom is -0.355 e. The van der Waals surface area contributed by atoms with Crippen LogP contribution in [-0.4, -0.2) is 25.5 Å². The zero-order valence-corrected chi connectivity index (χ0v) is 10.2. The Morgan fingerprint density at radius 2 is 2.20 bits per heavy atom. The quantitative estimate of drug-likeness (QED) is 0.726. The molecule has 2 N–H and O–H groups in total. The van der Waals surface area contributed by atoms with Crippen LogP contribution < -0.4 is 10.6 Å². The summed E-state index contributed by atoms with van der Waals surface area (Å²) in [5, 5.41) is 6.08. The van der Waals surface area contributed by atoms with Gasteiger partial charge in [0.15, 0.2) is 0 Å². The first-order valence-corrected chi connectivity index (χ1v) is 6.05. The third-order valence-corrected chi connectivity index (χ3v) is 3.38. The molecule has 0 radical (unpaired) electrons. The lowest BCUT2D eigenvalue weighted by Crippen LogP contribution is -2.37. The number of carbonyl (C=O) groups excluding carboxylic acids is 1. The van der Waals surface area contributed by atoms with E-state index in [0.29, 0.717) is 12.0 Å². The minimum absolute atomic E-state index is 0.219. The highest BCUT2D eigenvalue weighted by molar-refractivity contribution is 5.76. The highest BCUT2D eigenvalue weighted by Crippen LogP contribution is 2.32. The van der Waals surface area contributed by atoms with Gasteiger partial charge in [-0.25, -0.2) is 0 Å². The summed E-state index contributed by atoms with van der Waals surface area (Å²) in [4.78, 5) is 11.6. The summed E-state index contributed by atoms with van der Waals surface area (Å²) in [6.07, 6.45) is 4.48. The van der Waals surface area contributed by atoms with Crippen LogP contribution in [0.1, 0.15) is 39.5 Å². The van der Waals surface area contributed by atoms with Gasteiger partial charge in [-0.05, 0) is 38.6 Å². The molecular formula is C12H24N2O. The van der Waals surface area contributed by atoms with Crippen molar-refractivity contribution in [1.29, 1.82) is 0 Å². The van der Waals surface area contributed by atoms with Crippen molar-refractivity contribution < 1.29 is 4.79 Å². The van der Waals surface area contributed by atoms with Gasteiger partial charge < -0.3 is 10.6 Å². The van der Waals surface area contributed by atoms with Gasteiger partial charge in [-0.3, -0.25) is 4.79 Å². The number of hydrogen-bond acceptors (Lipinski definition) is 2. The first-order valence-electron chi connectivity index (χ1n) is 6.05. The Hall–Kier alpha value is -0.570. The predicted molar refractivity (Wildman–Crippen MR) is 62.7 cm³/mol. The number of hydrogen-bond donors (Lipinski definition) is 2. The van der Waals surface area contributed by atoms with E-state index in [1.807, 2.05) is 7.05 Å². The molecule has 0 aliphatic heterocycles. The average molecular weight is 212 g/mol. The normalized spacial score (nSPS) is 27.7. The number of carbonyl (C=O) groups is 1. The van der Waals surface area contributed by atoms with E-state index in [1.54, 1.807) is 0 Å². The molecule has 1 aliphatic carbocycles. The molecule has 3 unspecified atom stereocenters. The number of amides is 1. The van der Waals surface area contributed by atoms with Crippen LogP contribution in [0.15, 0.2) is 0 Å². The molecule has 0 heterocycles. The molecule has 15 heavy (non-hydrogen) atoms. The Bertz CT molecular complexity index is 206. The fourth-order valence-electron chi connectivity index (χ4n) is 2.21. The van der Waals surface area contributed by atoms with Gasteiger partial charge in [-0.2, -0.15) is 0 Å². The monoisotopic (exact) mass is 212 g/mol. The van der Waals surface area contributed by atoms with Gasteiger partial charge in [-0.1, -0.05) is 13.3 Å². The SMILES string of the molecule is CNC(C)CNC(=O)CC1CCC(C)C1. The zero-order chi connectivity index (χ0) is 11.3. The van der Waals surface area contributed by atoms with Gasteiger partial charge in [-0.15, -0.1) is 0 Å². The Morgan fingerprint density at radius 1 is 1.47 bits per heavy atom. The standard InChI is InChI=1S/C12H24N2O/c1-9-4-5-11(6-9)7-12(15)14-8-10(2)13-3/h9-11,13H,4-8H2,1-3H3,(H,14,15). The zero-order valence-electron chi connectivity index (χ0n) is 10.2. The summed E-state index contributed by atoms with van der Waals surface area (Å²) < 4.78 is 0. The summed E-state index contributed by atoms with van der Waals surface area (Å²) in [7, 11) is 1.91. The molecule has 1 rings (SSSR count). The summed E-state index contributed by atoms with van der Waals surface area (Å²) in [6, 6.07) is 0.358. The van der Waals surface area contributed by atoms with Crippen LogP contribution in [0.3, 0.4) is 0 Å². The largest absolute Gasteiger partial charge is 0.355 e. The Kier molecular flexibility index (Phi) is 5.09.